The van der Waals surface area contributed by atoms with Crippen molar-refractivity contribution in [2.45, 2.75) is 19.2 Å². The Hall–Kier alpha value is -1.18. The van der Waals surface area contributed by atoms with Crippen molar-refractivity contribution in [1.82, 2.24) is 15.7 Å². The smallest absolute Gasteiger partial charge is 0.248 e. The van der Waals surface area contributed by atoms with Crippen molar-refractivity contribution in [3.8, 4) is 0 Å². The molecule has 0 spiro atoms. The molecule has 2 rings (SSSR count). The minimum Gasteiger partial charge on any atom is -0.377 e. The van der Waals surface area contributed by atoms with Crippen molar-refractivity contribution < 1.29 is 14.4 Å². The van der Waals surface area contributed by atoms with Crippen LogP contribution in [0.3, 0.4) is 0 Å². The van der Waals surface area contributed by atoms with Gasteiger partial charge in [0.25, 0.3) is 0 Å². The third-order valence-electron chi connectivity index (χ3n) is 2.54. The van der Waals surface area contributed by atoms with Crippen LogP contribution in [0.25, 0.3) is 0 Å². The first-order chi connectivity index (χ1) is 7.72. The molecule has 0 radical (unpaired) electrons. The largest absolute Gasteiger partial charge is 0.377 e. The van der Waals surface area contributed by atoms with E-state index in [0.29, 0.717) is 25.7 Å². The summed E-state index contributed by atoms with van der Waals surface area (Å²) in [4.78, 5) is 22.9. The topological polar surface area (TPSA) is 75.2 Å². The highest BCUT2D eigenvalue weighted by atomic mass is 16.7. The highest BCUT2D eigenvalue weighted by Crippen LogP contribution is 2.07. The van der Waals surface area contributed by atoms with E-state index in [1.165, 1.54) is 0 Å². The summed E-state index contributed by atoms with van der Waals surface area (Å²) in [6.45, 7) is 3.17. The van der Waals surface area contributed by atoms with Gasteiger partial charge < -0.3 is 10.1 Å². The molecule has 2 heterocycles. The van der Waals surface area contributed by atoms with E-state index in [4.69, 9.17) is 9.57 Å². The van der Waals surface area contributed by atoms with Gasteiger partial charge in [-0.3, -0.25) is 9.69 Å². The summed E-state index contributed by atoms with van der Waals surface area (Å²) in [7, 11) is 1.73. The van der Waals surface area contributed by atoms with Gasteiger partial charge in [0, 0.05) is 0 Å². The Morgan fingerprint density at radius 1 is 1.62 bits per heavy atom. The van der Waals surface area contributed by atoms with Gasteiger partial charge in [-0.1, -0.05) is 0 Å². The number of hydroxylamine groups is 1. The molecule has 0 aromatic carbocycles. The van der Waals surface area contributed by atoms with Crippen LogP contribution in [0.1, 0.15) is 6.92 Å². The van der Waals surface area contributed by atoms with Crippen LogP contribution in [0.15, 0.2) is 4.99 Å². The molecule has 16 heavy (non-hydrogen) atoms. The van der Waals surface area contributed by atoms with Gasteiger partial charge in [0.05, 0.1) is 19.8 Å². The predicted molar refractivity (Wildman–Crippen MR) is 56.5 cm³/mol. The van der Waals surface area contributed by atoms with Crippen LogP contribution in [-0.2, 0) is 14.4 Å². The maximum atomic E-state index is 12.1. The lowest BCUT2D eigenvalue weighted by Gasteiger charge is -2.21. The van der Waals surface area contributed by atoms with Gasteiger partial charge in [0.15, 0.2) is 6.23 Å². The van der Waals surface area contributed by atoms with E-state index in [9.17, 15) is 4.79 Å². The van der Waals surface area contributed by atoms with Crippen LogP contribution in [0.4, 0.5) is 0 Å². The number of nitrogens with zero attached hydrogens (tertiary/aromatic N) is 2. The summed E-state index contributed by atoms with van der Waals surface area (Å²) in [5.74, 6) is 0.409. The Bertz CT molecular complexity index is 307. The fourth-order valence-corrected chi connectivity index (χ4v) is 1.63. The summed E-state index contributed by atoms with van der Waals surface area (Å²) >= 11 is 0. The van der Waals surface area contributed by atoms with Crippen LogP contribution in [-0.4, -0.2) is 55.8 Å². The molecule has 2 N–H and O–H groups in total. The van der Waals surface area contributed by atoms with Gasteiger partial charge in [-0.2, -0.15) is 0 Å². The van der Waals surface area contributed by atoms with E-state index >= 15 is 0 Å². The van der Waals surface area contributed by atoms with Crippen molar-refractivity contribution in [2.24, 2.45) is 4.99 Å². The highest BCUT2D eigenvalue weighted by molar-refractivity contribution is 5.99. The van der Waals surface area contributed by atoms with Crippen LogP contribution in [0.5, 0.6) is 0 Å². The van der Waals surface area contributed by atoms with Crippen molar-refractivity contribution in [2.75, 3.05) is 26.8 Å². The zero-order valence-corrected chi connectivity index (χ0v) is 9.40. The lowest BCUT2D eigenvalue weighted by Crippen LogP contribution is -2.50. The number of amides is 1. The molecule has 0 bridgehead atoms. The summed E-state index contributed by atoms with van der Waals surface area (Å²) in [5.41, 5.74) is 2.65. The summed E-state index contributed by atoms with van der Waals surface area (Å²) < 4.78 is 5.34. The standard InChI is InChI=1S/C9H16N4O3/c1-6-11-9(12-16-6)13-3-4-15-5-7(10-2)8(13)14/h6-7,10H,3-5H2,1-2H3,(H,11,12). The molecule has 1 amide bonds. The second kappa shape index (κ2) is 4.77. The zero-order chi connectivity index (χ0) is 11.5. The van der Waals surface area contributed by atoms with E-state index in [2.05, 4.69) is 15.8 Å². The molecule has 0 saturated carbocycles. The van der Waals surface area contributed by atoms with E-state index in [1.54, 1.807) is 18.9 Å². The molecule has 7 nitrogen and oxygen atoms in total. The van der Waals surface area contributed by atoms with E-state index < -0.39 is 0 Å². The van der Waals surface area contributed by atoms with Crippen LogP contribution in [0.2, 0.25) is 0 Å². The SMILES string of the molecule is CNC1COCCN(C2=NC(C)ON2)C1=O. The minimum atomic E-state index is -0.331. The number of ether oxygens (including phenoxy) is 1. The predicted octanol–water partition coefficient (Wildman–Crippen LogP) is -1.33. The van der Waals surface area contributed by atoms with Crippen LogP contribution >= 0.6 is 0 Å². The molecule has 2 aliphatic rings. The fraction of sp³-hybridized carbons (Fsp3) is 0.778. The first-order valence-electron chi connectivity index (χ1n) is 5.28. The van der Waals surface area contributed by atoms with Gasteiger partial charge in [-0.15, -0.1) is 0 Å². The average molecular weight is 228 g/mol. The summed E-state index contributed by atoms with van der Waals surface area (Å²) in [6, 6.07) is -0.331. The molecular weight excluding hydrogens is 212 g/mol. The first kappa shape index (κ1) is 11.3. The number of likely N-dealkylation sites (N-methyl/N-ethyl adjacent to an activating group) is 1. The molecule has 1 saturated heterocycles. The van der Waals surface area contributed by atoms with Gasteiger partial charge in [0.2, 0.25) is 11.9 Å². The Labute approximate surface area is 93.7 Å². The Morgan fingerprint density at radius 2 is 2.44 bits per heavy atom. The number of carbonyl (C=O) groups is 1. The molecule has 1 fully saturated rings. The lowest BCUT2D eigenvalue weighted by molar-refractivity contribution is -0.129. The summed E-state index contributed by atoms with van der Waals surface area (Å²) in [6.07, 6.45) is -0.264. The molecule has 2 aliphatic heterocycles. The van der Waals surface area contributed by atoms with Gasteiger partial charge in [-0.05, 0) is 14.0 Å². The van der Waals surface area contributed by atoms with Gasteiger partial charge >= 0.3 is 0 Å². The lowest BCUT2D eigenvalue weighted by atomic mass is 10.3. The average Bonchev–Trinajstić information content (AvgIpc) is 2.60. The third kappa shape index (κ3) is 2.16. The molecule has 2 unspecified atom stereocenters. The van der Waals surface area contributed by atoms with Crippen molar-refractivity contribution in [3.05, 3.63) is 0 Å². The minimum absolute atomic E-state index is 0.0519. The second-order valence-electron chi connectivity index (χ2n) is 3.68. The summed E-state index contributed by atoms with van der Waals surface area (Å²) in [5, 5.41) is 2.92. The third-order valence-corrected chi connectivity index (χ3v) is 2.54. The van der Waals surface area contributed by atoms with E-state index in [-0.39, 0.29) is 18.2 Å². The number of hydrogen-bond donors (Lipinski definition) is 2. The number of carbonyl (C=O) groups excluding carboxylic acids is 1. The van der Waals surface area contributed by atoms with E-state index in [0.717, 1.165) is 0 Å². The number of nitrogens with one attached hydrogen (secondary N) is 2. The Kier molecular flexibility index (Phi) is 3.37. The molecule has 90 valence electrons. The molecule has 0 aliphatic carbocycles. The van der Waals surface area contributed by atoms with Crippen LogP contribution < -0.4 is 10.8 Å². The number of hydrogen-bond acceptors (Lipinski definition) is 6. The fourth-order valence-electron chi connectivity index (χ4n) is 1.63. The number of rotatable bonds is 1. The van der Waals surface area contributed by atoms with Crippen LogP contribution in [0, 0.1) is 0 Å². The Morgan fingerprint density at radius 3 is 3.06 bits per heavy atom. The molecule has 2 atom stereocenters. The first-order valence-corrected chi connectivity index (χ1v) is 5.28. The Balaban J connectivity index is 2.12. The molecule has 0 aromatic rings. The monoisotopic (exact) mass is 228 g/mol. The van der Waals surface area contributed by atoms with E-state index in [1.807, 2.05) is 0 Å². The highest BCUT2D eigenvalue weighted by Gasteiger charge is 2.31. The molecular formula is C9H16N4O3. The van der Waals surface area contributed by atoms with Gasteiger partial charge in [-0.25, -0.2) is 15.3 Å². The van der Waals surface area contributed by atoms with Gasteiger partial charge in [0.1, 0.15) is 6.04 Å². The van der Waals surface area contributed by atoms with Crippen molar-refractivity contribution >= 4 is 11.9 Å². The second-order valence-corrected chi connectivity index (χ2v) is 3.68. The normalized spacial score (nSPS) is 31.0. The number of guanidine groups is 1. The molecule has 7 heteroatoms. The molecule has 0 aromatic heterocycles. The number of aliphatic imine (C=N–C) groups is 1. The maximum absolute atomic E-state index is 12.1. The van der Waals surface area contributed by atoms with Crippen molar-refractivity contribution in [1.29, 1.82) is 0 Å². The quantitative estimate of drug-likeness (QED) is 0.581. The van der Waals surface area contributed by atoms with Crippen molar-refractivity contribution in [3.63, 3.8) is 0 Å². The maximum Gasteiger partial charge on any atom is 0.248 e. The zero-order valence-electron chi connectivity index (χ0n) is 9.40.